The van der Waals surface area contributed by atoms with Crippen molar-refractivity contribution in [3.05, 3.63) is 71.9 Å². The van der Waals surface area contributed by atoms with Gasteiger partial charge in [0.15, 0.2) is 0 Å². The van der Waals surface area contributed by atoms with E-state index >= 15 is 0 Å². The number of alkyl carbamates (subject to hydrolysis) is 1. The Morgan fingerprint density at radius 3 is 2.50 bits per heavy atom. The third-order valence-corrected chi connectivity index (χ3v) is 11.0. The Morgan fingerprint density at radius 2 is 1.78 bits per heavy atom. The van der Waals surface area contributed by atoms with Crippen molar-refractivity contribution in [3.8, 4) is 34.2 Å². The number of rotatable bonds is 9. The van der Waals surface area contributed by atoms with Crippen molar-refractivity contribution in [1.29, 1.82) is 0 Å². The zero-order valence-corrected chi connectivity index (χ0v) is 34.6. The van der Waals surface area contributed by atoms with Crippen LogP contribution in [-0.4, -0.2) is 93.4 Å². The second-order valence-electron chi connectivity index (χ2n) is 16.6. The third kappa shape index (κ3) is 8.25. The molecule has 3 aromatic carbocycles. The summed E-state index contributed by atoms with van der Waals surface area (Å²) in [6, 6.07) is 15.5. The van der Waals surface area contributed by atoms with Gasteiger partial charge in [-0.15, -0.1) is 5.92 Å². The van der Waals surface area contributed by atoms with Crippen LogP contribution in [0.1, 0.15) is 90.1 Å². The zero-order chi connectivity index (χ0) is 41.3. The van der Waals surface area contributed by atoms with E-state index in [-0.39, 0.29) is 35.9 Å². The Bertz CT molecular complexity index is 2400. The lowest BCUT2D eigenvalue weighted by Crippen LogP contribution is -2.51. The van der Waals surface area contributed by atoms with Crippen LogP contribution in [0.3, 0.4) is 0 Å². The van der Waals surface area contributed by atoms with E-state index in [9.17, 15) is 14.4 Å². The first kappa shape index (κ1) is 40.3. The smallest absolute Gasteiger partial charge is 0.410 e. The number of aromatic amines is 2. The van der Waals surface area contributed by atoms with Crippen molar-refractivity contribution in [2.24, 2.45) is 11.8 Å². The van der Waals surface area contributed by atoms with Crippen molar-refractivity contribution in [2.45, 2.75) is 84.5 Å². The number of hydrogen-bond acceptors (Lipinski definition) is 8. The summed E-state index contributed by atoms with van der Waals surface area (Å²) < 4.78 is 16.0. The van der Waals surface area contributed by atoms with Crippen LogP contribution in [0.2, 0.25) is 0 Å². The SMILES string of the molecule is CC#Cc1cc(-c2cnc(C3CCCN3C(=O)C(NC(=O)OC)C(C)C)[nH]2)ccc1-c1ccc2c(ccc3nc([C@@H]4C[C@H](COC)CN4C(=O)OC(C)(C)C)[nH]c32)c1. The number of likely N-dealkylation sites (tertiary alicyclic amines) is 2. The summed E-state index contributed by atoms with van der Waals surface area (Å²) in [7, 11) is 2.97. The van der Waals surface area contributed by atoms with Crippen LogP contribution in [0.5, 0.6) is 0 Å². The molecule has 7 rings (SSSR count). The topological polar surface area (TPSA) is 155 Å². The summed E-state index contributed by atoms with van der Waals surface area (Å²) in [5.74, 6) is 7.75. The summed E-state index contributed by atoms with van der Waals surface area (Å²) in [4.78, 5) is 59.4. The highest BCUT2D eigenvalue weighted by molar-refractivity contribution is 6.05. The van der Waals surface area contributed by atoms with Crippen LogP contribution in [0, 0.1) is 23.7 Å². The number of nitrogens with one attached hydrogen (secondary N) is 3. The second-order valence-corrected chi connectivity index (χ2v) is 16.6. The molecule has 0 saturated carbocycles. The Labute approximate surface area is 339 Å². The standard InChI is InChI=1S/C45H53N7O6/c1-9-11-28-22-31(35-23-46-40(48-35)36-12-10-19-51(36)42(53)38(26(2)3)50-43(54)57-8)14-16-32(28)29-13-17-33-30(21-29)15-18-34-39(33)49-41(47-34)37-20-27(25-56-7)24-52(37)44(55)58-45(4,5)6/h13-18,21-23,26-27,36-38H,10,12,19-20,24-25H2,1-8H3,(H,46,48)(H,47,49)(H,50,54)/t27-,36?,37-,38?/m0/s1. The van der Waals surface area contributed by atoms with Crippen molar-refractivity contribution < 1.29 is 28.6 Å². The molecule has 2 aromatic heterocycles. The van der Waals surface area contributed by atoms with Crippen LogP contribution in [-0.2, 0) is 19.0 Å². The largest absolute Gasteiger partial charge is 0.453 e. The van der Waals surface area contributed by atoms with Crippen molar-refractivity contribution in [2.75, 3.05) is 33.9 Å². The second kappa shape index (κ2) is 16.5. The number of methoxy groups -OCH3 is 2. The van der Waals surface area contributed by atoms with Crippen LogP contribution in [0.4, 0.5) is 9.59 Å². The summed E-state index contributed by atoms with van der Waals surface area (Å²) in [6.45, 7) is 12.9. The normalized spacial score (nSPS) is 18.7. The summed E-state index contributed by atoms with van der Waals surface area (Å²) in [6.07, 6.45) is 3.14. The molecule has 2 aliphatic rings. The fourth-order valence-electron chi connectivity index (χ4n) is 8.26. The first-order chi connectivity index (χ1) is 27.8. The number of fused-ring (bicyclic) bond motifs is 3. The Morgan fingerprint density at radius 1 is 0.983 bits per heavy atom. The fourth-order valence-corrected chi connectivity index (χ4v) is 8.26. The average Bonchev–Trinajstić information content (AvgIpc) is 4.02. The van der Waals surface area contributed by atoms with Gasteiger partial charge < -0.3 is 34.4 Å². The fraction of sp³-hybridized carbons (Fsp3) is 0.444. The summed E-state index contributed by atoms with van der Waals surface area (Å²) >= 11 is 0. The molecule has 5 aromatic rings. The van der Waals surface area contributed by atoms with E-state index in [1.54, 1.807) is 18.2 Å². The van der Waals surface area contributed by atoms with Gasteiger partial charge in [-0.1, -0.05) is 50.1 Å². The average molecular weight is 788 g/mol. The van der Waals surface area contributed by atoms with Gasteiger partial charge >= 0.3 is 12.2 Å². The monoisotopic (exact) mass is 787 g/mol. The van der Waals surface area contributed by atoms with Gasteiger partial charge in [-0.3, -0.25) is 9.69 Å². The maximum Gasteiger partial charge on any atom is 0.410 e. The number of nitrogens with zero attached hydrogens (tertiary/aromatic N) is 4. The minimum atomic E-state index is -0.702. The van der Waals surface area contributed by atoms with Crippen LogP contribution < -0.4 is 5.32 Å². The molecule has 0 aliphatic carbocycles. The molecule has 2 fully saturated rings. The Balaban J connectivity index is 1.15. The molecule has 3 N–H and O–H groups in total. The van der Waals surface area contributed by atoms with E-state index in [1.807, 2.05) is 52.5 Å². The summed E-state index contributed by atoms with van der Waals surface area (Å²) in [5, 5.41) is 4.78. The molecular formula is C45H53N7O6. The van der Waals surface area contributed by atoms with Crippen LogP contribution in [0.25, 0.3) is 44.2 Å². The van der Waals surface area contributed by atoms with E-state index in [4.69, 9.17) is 24.2 Å². The molecule has 2 unspecified atom stereocenters. The van der Waals surface area contributed by atoms with E-state index in [2.05, 4.69) is 69.6 Å². The number of aromatic nitrogens is 4. The molecule has 13 heteroatoms. The minimum absolute atomic E-state index is 0.117. The van der Waals surface area contributed by atoms with Crippen molar-refractivity contribution in [3.63, 3.8) is 0 Å². The van der Waals surface area contributed by atoms with Gasteiger partial charge in [0, 0.05) is 42.6 Å². The van der Waals surface area contributed by atoms with Gasteiger partial charge in [0.05, 0.1) is 48.7 Å². The zero-order valence-electron chi connectivity index (χ0n) is 34.6. The molecule has 58 heavy (non-hydrogen) atoms. The number of benzene rings is 3. The molecule has 4 heterocycles. The third-order valence-electron chi connectivity index (χ3n) is 11.0. The molecule has 2 saturated heterocycles. The Hall–Kier alpha value is -5.87. The maximum absolute atomic E-state index is 13.7. The first-order valence-corrected chi connectivity index (χ1v) is 20.0. The summed E-state index contributed by atoms with van der Waals surface area (Å²) in [5.41, 5.74) is 5.79. The molecular weight excluding hydrogens is 735 g/mol. The highest BCUT2D eigenvalue weighted by atomic mass is 16.6. The van der Waals surface area contributed by atoms with Gasteiger partial charge in [0.1, 0.15) is 23.3 Å². The van der Waals surface area contributed by atoms with E-state index < -0.39 is 17.7 Å². The lowest BCUT2D eigenvalue weighted by Gasteiger charge is -2.30. The molecule has 4 atom stereocenters. The predicted octanol–water partition coefficient (Wildman–Crippen LogP) is 8.13. The van der Waals surface area contributed by atoms with E-state index in [0.717, 1.165) is 74.8 Å². The molecule has 2 aliphatic heterocycles. The van der Waals surface area contributed by atoms with E-state index in [0.29, 0.717) is 25.5 Å². The molecule has 3 amide bonds. The van der Waals surface area contributed by atoms with Gasteiger partial charge in [-0.05, 0) is 87.6 Å². The lowest BCUT2D eigenvalue weighted by molar-refractivity contribution is -0.135. The molecule has 0 spiro atoms. The quantitative estimate of drug-likeness (QED) is 0.127. The number of hydrogen-bond donors (Lipinski definition) is 3. The van der Waals surface area contributed by atoms with Crippen molar-refractivity contribution in [1.82, 2.24) is 35.1 Å². The van der Waals surface area contributed by atoms with Crippen LogP contribution >= 0.6 is 0 Å². The number of H-pyrrole nitrogens is 2. The number of carbonyl (C=O) groups is 3. The first-order valence-electron chi connectivity index (χ1n) is 20.0. The molecule has 0 bridgehead atoms. The number of ether oxygens (including phenoxy) is 3. The van der Waals surface area contributed by atoms with Gasteiger partial charge in [0.25, 0.3) is 0 Å². The highest BCUT2D eigenvalue weighted by Gasteiger charge is 2.40. The van der Waals surface area contributed by atoms with Gasteiger partial charge in [-0.25, -0.2) is 19.6 Å². The minimum Gasteiger partial charge on any atom is -0.453 e. The number of amides is 3. The van der Waals surface area contributed by atoms with Crippen molar-refractivity contribution >= 4 is 39.9 Å². The van der Waals surface area contributed by atoms with Gasteiger partial charge in [-0.2, -0.15) is 0 Å². The molecule has 0 radical (unpaired) electrons. The molecule has 13 nitrogen and oxygen atoms in total. The van der Waals surface area contributed by atoms with Gasteiger partial charge in [0.2, 0.25) is 5.91 Å². The highest BCUT2D eigenvalue weighted by Crippen LogP contribution is 2.39. The predicted molar refractivity (Wildman–Crippen MR) is 223 cm³/mol. The van der Waals surface area contributed by atoms with Crippen LogP contribution in [0.15, 0.2) is 54.7 Å². The number of imidazole rings is 2. The Kier molecular flexibility index (Phi) is 11.5. The maximum atomic E-state index is 13.7. The van der Waals surface area contributed by atoms with E-state index in [1.165, 1.54) is 7.11 Å². The molecule has 304 valence electrons. The lowest BCUT2D eigenvalue weighted by atomic mass is 9.95. The number of carbonyl (C=O) groups excluding carboxylic acids is 3.